The number of hydrogen-bond acceptors (Lipinski definition) is 2. The average Bonchev–Trinajstić information content (AvgIpc) is 2.42. The third kappa shape index (κ3) is 8.97. The van der Waals surface area contributed by atoms with Gasteiger partial charge in [0.15, 0.2) is 0 Å². The summed E-state index contributed by atoms with van der Waals surface area (Å²) in [7, 11) is 0. The van der Waals surface area contributed by atoms with E-state index < -0.39 is 0 Å². The van der Waals surface area contributed by atoms with Crippen LogP contribution >= 0.6 is 0 Å². The van der Waals surface area contributed by atoms with Crippen molar-refractivity contribution in [3.8, 4) is 0 Å². The SMILES string of the molecule is CC[C@H](CCCCCN1CCNCC1)CCC(C)(C)C. The smallest absolute Gasteiger partial charge is 0.0107 e. The summed E-state index contributed by atoms with van der Waals surface area (Å²) in [6.07, 6.45) is 9.90. The standard InChI is InChI=1S/C18H38N2/c1-5-17(10-11-18(2,3)4)9-7-6-8-14-20-15-12-19-13-16-20/h17,19H,5-16H2,1-4H3/t17-/m1/s1. The highest BCUT2D eigenvalue weighted by molar-refractivity contribution is 4.68. The van der Waals surface area contributed by atoms with Crippen LogP contribution in [0.2, 0.25) is 0 Å². The van der Waals surface area contributed by atoms with Gasteiger partial charge in [-0.05, 0) is 37.1 Å². The molecule has 1 rings (SSSR count). The van der Waals surface area contributed by atoms with Gasteiger partial charge in [0.2, 0.25) is 0 Å². The summed E-state index contributed by atoms with van der Waals surface area (Å²) in [5, 5.41) is 3.42. The van der Waals surface area contributed by atoms with Crippen molar-refractivity contribution in [1.82, 2.24) is 10.2 Å². The lowest BCUT2D eigenvalue weighted by atomic mass is 9.84. The Bertz CT molecular complexity index is 226. The molecular formula is C18H38N2. The van der Waals surface area contributed by atoms with E-state index in [-0.39, 0.29) is 0 Å². The molecule has 0 spiro atoms. The van der Waals surface area contributed by atoms with Crippen molar-refractivity contribution in [2.75, 3.05) is 32.7 Å². The molecule has 0 saturated carbocycles. The number of piperazine rings is 1. The normalized spacial score (nSPS) is 19.2. The summed E-state index contributed by atoms with van der Waals surface area (Å²) in [5.41, 5.74) is 0.510. The van der Waals surface area contributed by atoms with Gasteiger partial charge in [0.1, 0.15) is 0 Å². The Morgan fingerprint density at radius 2 is 1.70 bits per heavy atom. The molecule has 0 aromatic carbocycles. The highest BCUT2D eigenvalue weighted by Gasteiger charge is 2.14. The molecule has 1 aliphatic heterocycles. The molecule has 120 valence electrons. The second-order valence-electron chi connectivity index (χ2n) is 7.81. The Kier molecular flexibility index (Phi) is 8.79. The largest absolute Gasteiger partial charge is 0.314 e. The second kappa shape index (κ2) is 9.78. The highest BCUT2D eigenvalue weighted by Crippen LogP contribution is 2.27. The lowest BCUT2D eigenvalue weighted by molar-refractivity contribution is 0.234. The molecule has 1 saturated heterocycles. The molecule has 0 amide bonds. The van der Waals surface area contributed by atoms with E-state index in [1.165, 1.54) is 77.7 Å². The topological polar surface area (TPSA) is 15.3 Å². The van der Waals surface area contributed by atoms with Crippen LogP contribution in [-0.4, -0.2) is 37.6 Å². The van der Waals surface area contributed by atoms with Crippen LogP contribution in [0.4, 0.5) is 0 Å². The number of rotatable bonds is 9. The first-order valence-electron chi connectivity index (χ1n) is 8.94. The van der Waals surface area contributed by atoms with E-state index in [2.05, 4.69) is 37.9 Å². The van der Waals surface area contributed by atoms with Crippen molar-refractivity contribution in [3.05, 3.63) is 0 Å². The molecule has 20 heavy (non-hydrogen) atoms. The van der Waals surface area contributed by atoms with Crippen molar-refractivity contribution < 1.29 is 0 Å². The molecule has 0 aromatic rings. The molecule has 0 radical (unpaired) electrons. The summed E-state index contributed by atoms with van der Waals surface area (Å²) in [4.78, 5) is 2.62. The molecule has 0 aliphatic carbocycles. The van der Waals surface area contributed by atoms with Gasteiger partial charge in [-0.2, -0.15) is 0 Å². The van der Waals surface area contributed by atoms with Gasteiger partial charge < -0.3 is 10.2 Å². The average molecular weight is 283 g/mol. The van der Waals surface area contributed by atoms with Crippen LogP contribution in [0.1, 0.15) is 72.6 Å². The Morgan fingerprint density at radius 1 is 1.00 bits per heavy atom. The minimum Gasteiger partial charge on any atom is -0.314 e. The van der Waals surface area contributed by atoms with Crippen LogP contribution < -0.4 is 5.32 Å². The molecule has 1 aliphatic rings. The van der Waals surface area contributed by atoms with Crippen molar-refractivity contribution in [1.29, 1.82) is 0 Å². The van der Waals surface area contributed by atoms with Crippen molar-refractivity contribution in [2.24, 2.45) is 11.3 Å². The molecular weight excluding hydrogens is 244 g/mol. The summed E-state index contributed by atoms with van der Waals surface area (Å²) in [5.74, 6) is 0.966. The molecule has 2 nitrogen and oxygen atoms in total. The van der Waals surface area contributed by atoms with Crippen molar-refractivity contribution in [3.63, 3.8) is 0 Å². The predicted octanol–water partition coefficient (Wildman–Crippen LogP) is 4.30. The molecule has 1 fully saturated rings. The summed E-state index contributed by atoms with van der Waals surface area (Å²) in [6, 6.07) is 0. The van der Waals surface area contributed by atoms with Crippen LogP contribution in [0.15, 0.2) is 0 Å². The van der Waals surface area contributed by atoms with Gasteiger partial charge in [-0.15, -0.1) is 0 Å². The van der Waals surface area contributed by atoms with Crippen molar-refractivity contribution >= 4 is 0 Å². The first kappa shape index (κ1) is 18.0. The Morgan fingerprint density at radius 3 is 2.30 bits per heavy atom. The highest BCUT2D eigenvalue weighted by atomic mass is 15.2. The van der Waals surface area contributed by atoms with Crippen LogP contribution in [-0.2, 0) is 0 Å². The second-order valence-corrected chi connectivity index (χ2v) is 7.81. The maximum absolute atomic E-state index is 3.42. The van der Waals surface area contributed by atoms with Crippen LogP contribution in [0.3, 0.4) is 0 Å². The van der Waals surface area contributed by atoms with E-state index >= 15 is 0 Å². The Labute approximate surface area is 127 Å². The predicted molar refractivity (Wildman–Crippen MR) is 90.2 cm³/mol. The van der Waals surface area contributed by atoms with Gasteiger partial charge in [0.05, 0.1) is 0 Å². The first-order chi connectivity index (χ1) is 9.51. The zero-order valence-electron chi connectivity index (χ0n) is 14.5. The molecule has 0 unspecified atom stereocenters. The first-order valence-corrected chi connectivity index (χ1v) is 8.94. The van der Waals surface area contributed by atoms with E-state index in [1.807, 2.05) is 0 Å². The van der Waals surface area contributed by atoms with Gasteiger partial charge in [-0.3, -0.25) is 0 Å². The minimum atomic E-state index is 0.510. The lowest BCUT2D eigenvalue weighted by Crippen LogP contribution is -2.43. The maximum Gasteiger partial charge on any atom is 0.0107 e. The van der Waals surface area contributed by atoms with Crippen molar-refractivity contribution in [2.45, 2.75) is 72.6 Å². The fourth-order valence-electron chi connectivity index (χ4n) is 3.07. The van der Waals surface area contributed by atoms with Gasteiger partial charge in [-0.1, -0.05) is 53.4 Å². The molecule has 1 N–H and O–H groups in total. The van der Waals surface area contributed by atoms with Gasteiger partial charge in [0, 0.05) is 26.2 Å². The van der Waals surface area contributed by atoms with Crippen LogP contribution in [0.5, 0.6) is 0 Å². The van der Waals surface area contributed by atoms with Gasteiger partial charge >= 0.3 is 0 Å². The van der Waals surface area contributed by atoms with E-state index in [9.17, 15) is 0 Å². The quantitative estimate of drug-likeness (QED) is 0.634. The Hall–Kier alpha value is -0.0800. The summed E-state index contributed by atoms with van der Waals surface area (Å²) in [6.45, 7) is 15.7. The molecule has 1 atom stereocenters. The Balaban J connectivity index is 2.00. The van der Waals surface area contributed by atoms with E-state index in [0.29, 0.717) is 5.41 Å². The van der Waals surface area contributed by atoms with E-state index in [4.69, 9.17) is 0 Å². The van der Waals surface area contributed by atoms with E-state index in [1.54, 1.807) is 0 Å². The molecule has 2 heteroatoms. The lowest BCUT2D eigenvalue weighted by Gasteiger charge is -2.27. The fraction of sp³-hybridized carbons (Fsp3) is 1.00. The maximum atomic E-state index is 3.42. The monoisotopic (exact) mass is 282 g/mol. The van der Waals surface area contributed by atoms with Crippen LogP contribution in [0, 0.1) is 11.3 Å². The third-order valence-corrected chi connectivity index (χ3v) is 4.68. The molecule has 1 heterocycles. The molecule has 0 bridgehead atoms. The summed E-state index contributed by atoms with van der Waals surface area (Å²) < 4.78 is 0. The number of unbranched alkanes of at least 4 members (excludes halogenated alkanes) is 2. The van der Waals surface area contributed by atoms with Gasteiger partial charge in [0.25, 0.3) is 0 Å². The van der Waals surface area contributed by atoms with Crippen LogP contribution in [0.25, 0.3) is 0 Å². The zero-order chi connectivity index (χ0) is 14.8. The number of nitrogens with one attached hydrogen (secondary N) is 1. The number of hydrogen-bond donors (Lipinski definition) is 1. The fourth-order valence-corrected chi connectivity index (χ4v) is 3.07. The summed E-state index contributed by atoms with van der Waals surface area (Å²) >= 11 is 0. The van der Waals surface area contributed by atoms with Gasteiger partial charge in [-0.25, -0.2) is 0 Å². The van der Waals surface area contributed by atoms with E-state index in [0.717, 1.165) is 5.92 Å². The third-order valence-electron chi connectivity index (χ3n) is 4.68. The minimum absolute atomic E-state index is 0.510. The number of nitrogens with zero attached hydrogens (tertiary/aromatic N) is 1. The molecule has 0 aromatic heterocycles. The zero-order valence-corrected chi connectivity index (χ0v) is 14.5.